The van der Waals surface area contributed by atoms with Crippen molar-refractivity contribution in [3.05, 3.63) is 23.4 Å². The first-order valence-corrected chi connectivity index (χ1v) is 6.22. The quantitative estimate of drug-likeness (QED) is 0.821. The van der Waals surface area contributed by atoms with Gasteiger partial charge in [0.25, 0.3) is 0 Å². The Balaban J connectivity index is 2.18. The third-order valence-electron chi connectivity index (χ3n) is 3.41. The molecule has 2 heterocycles. The van der Waals surface area contributed by atoms with Crippen LogP contribution in [0.25, 0.3) is 0 Å². The van der Waals surface area contributed by atoms with Gasteiger partial charge in [-0.2, -0.15) is 0 Å². The molecule has 0 bridgehead atoms. The Morgan fingerprint density at radius 3 is 3.06 bits per heavy atom. The number of aliphatic hydroxyl groups excluding tert-OH is 1. The Labute approximate surface area is 107 Å². The van der Waals surface area contributed by atoms with E-state index >= 15 is 0 Å². The summed E-state index contributed by atoms with van der Waals surface area (Å²) >= 11 is 0. The van der Waals surface area contributed by atoms with Gasteiger partial charge in [0.15, 0.2) is 0 Å². The number of amides is 1. The topological polar surface area (TPSA) is 79.5 Å². The summed E-state index contributed by atoms with van der Waals surface area (Å²) in [5.41, 5.74) is 7.20. The van der Waals surface area contributed by atoms with Crippen LogP contribution in [0.1, 0.15) is 24.0 Å². The third kappa shape index (κ3) is 2.61. The highest BCUT2D eigenvalue weighted by Crippen LogP contribution is 2.24. The zero-order chi connectivity index (χ0) is 13.1. The second kappa shape index (κ2) is 5.35. The van der Waals surface area contributed by atoms with Crippen molar-refractivity contribution in [1.82, 2.24) is 4.98 Å². The number of aliphatic hydroxyl groups is 1. The maximum atomic E-state index is 11.3. The number of primary amides is 1. The lowest BCUT2D eigenvalue weighted by Gasteiger charge is -2.33. The van der Waals surface area contributed by atoms with E-state index < -0.39 is 0 Å². The predicted molar refractivity (Wildman–Crippen MR) is 69.0 cm³/mol. The molecule has 2 rings (SSSR count). The minimum atomic E-state index is -0.232. The molecule has 1 fully saturated rings. The highest BCUT2D eigenvalue weighted by Gasteiger charge is 2.25. The number of carbonyl (C=O) groups is 1. The Morgan fingerprint density at radius 2 is 2.44 bits per heavy atom. The minimum absolute atomic E-state index is 0.00195. The first kappa shape index (κ1) is 12.8. The van der Waals surface area contributed by atoms with E-state index in [-0.39, 0.29) is 18.4 Å². The largest absolute Gasteiger partial charge is 0.392 e. The van der Waals surface area contributed by atoms with Gasteiger partial charge in [-0.15, -0.1) is 0 Å². The number of aryl methyl sites for hydroxylation is 1. The monoisotopic (exact) mass is 249 g/mol. The number of hydrogen-bond donors (Lipinski definition) is 2. The van der Waals surface area contributed by atoms with Crippen molar-refractivity contribution < 1.29 is 9.90 Å². The van der Waals surface area contributed by atoms with Gasteiger partial charge in [-0.1, -0.05) is 0 Å². The summed E-state index contributed by atoms with van der Waals surface area (Å²) in [6.07, 6.45) is 3.49. The number of aromatic nitrogens is 1. The molecule has 18 heavy (non-hydrogen) atoms. The van der Waals surface area contributed by atoms with E-state index in [1.165, 1.54) is 0 Å². The molecule has 1 amide bonds. The molecule has 1 aliphatic rings. The average Bonchev–Trinajstić information content (AvgIpc) is 2.38. The van der Waals surface area contributed by atoms with Crippen LogP contribution >= 0.6 is 0 Å². The number of pyridine rings is 1. The Kier molecular flexibility index (Phi) is 3.81. The molecule has 1 unspecified atom stereocenters. The molecular formula is C13H19N3O2. The second-order valence-electron chi connectivity index (χ2n) is 4.83. The number of carbonyl (C=O) groups excluding carboxylic acids is 1. The van der Waals surface area contributed by atoms with Crippen molar-refractivity contribution in [1.29, 1.82) is 0 Å². The van der Waals surface area contributed by atoms with Crippen LogP contribution in [0.2, 0.25) is 0 Å². The number of nitrogens with zero attached hydrogens (tertiary/aromatic N) is 2. The fourth-order valence-electron chi connectivity index (χ4n) is 2.45. The van der Waals surface area contributed by atoms with Gasteiger partial charge in [0.2, 0.25) is 5.91 Å². The molecule has 1 aromatic heterocycles. The van der Waals surface area contributed by atoms with Crippen molar-refractivity contribution in [3.63, 3.8) is 0 Å². The summed E-state index contributed by atoms with van der Waals surface area (Å²) in [6.45, 7) is 3.51. The van der Waals surface area contributed by atoms with Crippen molar-refractivity contribution in [2.45, 2.75) is 26.4 Å². The first-order chi connectivity index (χ1) is 8.61. The van der Waals surface area contributed by atoms with Gasteiger partial charge < -0.3 is 15.7 Å². The van der Waals surface area contributed by atoms with Crippen molar-refractivity contribution in [2.75, 3.05) is 18.0 Å². The van der Waals surface area contributed by atoms with Crippen LogP contribution < -0.4 is 10.6 Å². The van der Waals surface area contributed by atoms with Crippen LogP contribution in [0, 0.1) is 12.8 Å². The molecule has 0 saturated carbocycles. The van der Waals surface area contributed by atoms with Gasteiger partial charge in [0.05, 0.1) is 12.5 Å². The molecule has 0 radical (unpaired) electrons. The second-order valence-corrected chi connectivity index (χ2v) is 4.83. The van der Waals surface area contributed by atoms with Crippen LogP contribution in [0.3, 0.4) is 0 Å². The maximum absolute atomic E-state index is 11.3. The fourth-order valence-corrected chi connectivity index (χ4v) is 2.45. The maximum Gasteiger partial charge on any atom is 0.222 e. The van der Waals surface area contributed by atoms with E-state index in [4.69, 9.17) is 10.8 Å². The molecule has 1 aromatic rings. The molecule has 0 aliphatic carbocycles. The van der Waals surface area contributed by atoms with Crippen molar-refractivity contribution in [2.24, 2.45) is 11.7 Å². The molecule has 1 saturated heterocycles. The van der Waals surface area contributed by atoms with Gasteiger partial charge in [0.1, 0.15) is 5.82 Å². The normalized spacial score (nSPS) is 19.9. The molecule has 0 spiro atoms. The molecule has 1 aliphatic heterocycles. The van der Waals surface area contributed by atoms with Crippen molar-refractivity contribution in [3.8, 4) is 0 Å². The molecule has 3 N–H and O–H groups in total. The van der Waals surface area contributed by atoms with Gasteiger partial charge in [-0.05, 0) is 37.0 Å². The molecular weight excluding hydrogens is 230 g/mol. The summed E-state index contributed by atoms with van der Waals surface area (Å²) in [6, 6.07) is 1.93. The first-order valence-electron chi connectivity index (χ1n) is 6.22. The average molecular weight is 249 g/mol. The Morgan fingerprint density at radius 1 is 1.67 bits per heavy atom. The van der Waals surface area contributed by atoms with Crippen LogP contribution in [0.4, 0.5) is 5.82 Å². The number of hydrogen-bond acceptors (Lipinski definition) is 4. The van der Waals surface area contributed by atoms with Gasteiger partial charge >= 0.3 is 0 Å². The minimum Gasteiger partial charge on any atom is -0.392 e. The number of rotatable bonds is 3. The van der Waals surface area contributed by atoms with Gasteiger partial charge in [0, 0.05) is 19.3 Å². The van der Waals surface area contributed by atoms with Crippen LogP contribution in [0.15, 0.2) is 12.3 Å². The number of anilines is 1. The van der Waals surface area contributed by atoms with E-state index in [1.54, 1.807) is 6.20 Å². The van der Waals surface area contributed by atoms with Gasteiger partial charge in [-0.3, -0.25) is 4.79 Å². The zero-order valence-electron chi connectivity index (χ0n) is 10.6. The van der Waals surface area contributed by atoms with E-state index in [1.807, 2.05) is 13.0 Å². The highest BCUT2D eigenvalue weighted by molar-refractivity contribution is 5.77. The fraction of sp³-hybridized carbons (Fsp3) is 0.538. The summed E-state index contributed by atoms with van der Waals surface area (Å²) in [4.78, 5) is 17.7. The smallest absolute Gasteiger partial charge is 0.222 e. The highest BCUT2D eigenvalue weighted by atomic mass is 16.3. The third-order valence-corrected chi connectivity index (χ3v) is 3.41. The Bertz CT molecular complexity index is 448. The molecule has 5 heteroatoms. The van der Waals surface area contributed by atoms with Crippen LogP contribution in [0.5, 0.6) is 0 Å². The zero-order valence-corrected chi connectivity index (χ0v) is 10.6. The standard InChI is InChI=1S/C13H19N3O2/c1-9-5-10(8-17)6-15-13(9)16-4-2-3-11(7-16)12(14)18/h5-6,11,17H,2-4,7-8H2,1H3,(H2,14,18). The predicted octanol–water partition coefficient (Wildman–Crippen LogP) is 0.584. The summed E-state index contributed by atoms with van der Waals surface area (Å²) in [5.74, 6) is 0.569. The van der Waals surface area contributed by atoms with Gasteiger partial charge in [-0.25, -0.2) is 4.98 Å². The van der Waals surface area contributed by atoms with E-state index in [2.05, 4.69) is 9.88 Å². The Hall–Kier alpha value is -1.62. The lowest BCUT2D eigenvalue weighted by Crippen LogP contribution is -2.41. The lowest BCUT2D eigenvalue weighted by molar-refractivity contribution is -0.122. The lowest BCUT2D eigenvalue weighted by atomic mass is 9.97. The van der Waals surface area contributed by atoms with E-state index in [0.717, 1.165) is 36.3 Å². The van der Waals surface area contributed by atoms with Crippen molar-refractivity contribution >= 4 is 11.7 Å². The van der Waals surface area contributed by atoms with E-state index in [0.29, 0.717) is 6.54 Å². The molecule has 1 atom stereocenters. The summed E-state index contributed by atoms with van der Waals surface area (Å²) in [5, 5.41) is 9.06. The summed E-state index contributed by atoms with van der Waals surface area (Å²) in [7, 11) is 0. The SMILES string of the molecule is Cc1cc(CO)cnc1N1CCCC(C(N)=O)C1. The molecule has 98 valence electrons. The van der Waals surface area contributed by atoms with E-state index in [9.17, 15) is 4.79 Å². The molecule has 0 aromatic carbocycles. The number of nitrogens with two attached hydrogens (primary N) is 1. The summed E-state index contributed by atoms with van der Waals surface area (Å²) < 4.78 is 0. The number of piperidine rings is 1. The van der Waals surface area contributed by atoms with Crippen LogP contribution in [-0.4, -0.2) is 29.1 Å². The van der Waals surface area contributed by atoms with Crippen LogP contribution in [-0.2, 0) is 11.4 Å². The molecule has 5 nitrogen and oxygen atoms in total.